The van der Waals surface area contributed by atoms with Gasteiger partial charge in [0.25, 0.3) is 11.8 Å². The van der Waals surface area contributed by atoms with Gasteiger partial charge in [-0.1, -0.05) is 24.3 Å². The second-order valence-electron chi connectivity index (χ2n) is 6.70. The molecule has 7 heteroatoms. The SMILES string of the molecule is CN(C)C(=O)COc1ccccc1C(=O)NCCc1ccc(-n2cccn2)cc1. The molecule has 3 rings (SSSR count). The molecular formula is C22H24N4O3. The van der Waals surface area contributed by atoms with E-state index < -0.39 is 0 Å². The zero-order valence-electron chi connectivity index (χ0n) is 16.5. The molecule has 2 aromatic carbocycles. The molecule has 1 heterocycles. The molecule has 1 aromatic heterocycles. The Hall–Kier alpha value is -3.61. The number of para-hydroxylation sites is 1. The number of nitrogens with zero attached hydrogens (tertiary/aromatic N) is 3. The lowest BCUT2D eigenvalue weighted by Gasteiger charge is -2.14. The fourth-order valence-corrected chi connectivity index (χ4v) is 2.70. The van der Waals surface area contributed by atoms with Crippen molar-refractivity contribution in [2.24, 2.45) is 0 Å². The third-order valence-electron chi connectivity index (χ3n) is 4.39. The highest BCUT2D eigenvalue weighted by atomic mass is 16.5. The van der Waals surface area contributed by atoms with Gasteiger partial charge in [0, 0.05) is 33.0 Å². The zero-order chi connectivity index (χ0) is 20.6. The van der Waals surface area contributed by atoms with Crippen LogP contribution < -0.4 is 10.1 Å². The molecule has 0 unspecified atom stereocenters. The van der Waals surface area contributed by atoms with Gasteiger partial charge in [-0.2, -0.15) is 5.10 Å². The monoisotopic (exact) mass is 392 g/mol. The van der Waals surface area contributed by atoms with Gasteiger partial charge in [-0.15, -0.1) is 0 Å². The molecule has 0 fully saturated rings. The third kappa shape index (κ3) is 5.44. The van der Waals surface area contributed by atoms with Crippen LogP contribution >= 0.6 is 0 Å². The molecule has 7 nitrogen and oxygen atoms in total. The fourth-order valence-electron chi connectivity index (χ4n) is 2.70. The highest BCUT2D eigenvalue weighted by molar-refractivity contribution is 5.97. The summed E-state index contributed by atoms with van der Waals surface area (Å²) in [6.07, 6.45) is 4.33. The number of hydrogen-bond donors (Lipinski definition) is 1. The van der Waals surface area contributed by atoms with Crippen molar-refractivity contribution in [2.75, 3.05) is 27.2 Å². The Morgan fingerprint density at radius 2 is 1.83 bits per heavy atom. The van der Waals surface area contributed by atoms with E-state index in [0.29, 0.717) is 24.3 Å². The molecule has 0 bridgehead atoms. The van der Waals surface area contributed by atoms with Gasteiger partial charge in [-0.05, 0) is 42.3 Å². The number of nitrogens with one attached hydrogen (secondary N) is 1. The molecule has 0 saturated heterocycles. The highest BCUT2D eigenvalue weighted by Crippen LogP contribution is 2.18. The van der Waals surface area contributed by atoms with E-state index in [1.165, 1.54) is 4.90 Å². The second kappa shape index (κ2) is 9.54. The van der Waals surface area contributed by atoms with E-state index in [1.807, 2.05) is 36.5 Å². The molecule has 0 aliphatic rings. The van der Waals surface area contributed by atoms with Gasteiger partial charge in [-0.3, -0.25) is 9.59 Å². The third-order valence-corrected chi connectivity index (χ3v) is 4.39. The van der Waals surface area contributed by atoms with Crippen LogP contribution in [0.25, 0.3) is 5.69 Å². The summed E-state index contributed by atoms with van der Waals surface area (Å²) >= 11 is 0. The molecule has 1 N–H and O–H groups in total. The molecule has 0 aliphatic heterocycles. The molecule has 0 radical (unpaired) electrons. The number of hydrogen-bond acceptors (Lipinski definition) is 4. The number of likely N-dealkylation sites (N-methyl/N-ethyl adjacent to an activating group) is 1. The van der Waals surface area contributed by atoms with Crippen molar-refractivity contribution in [2.45, 2.75) is 6.42 Å². The maximum absolute atomic E-state index is 12.5. The first kappa shape index (κ1) is 20.1. The predicted molar refractivity (Wildman–Crippen MR) is 110 cm³/mol. The Morgan fingerprint density at radius 3 is 2.52 bits per heavy atom. The van der Waals surface area contributed by atoms with Crippen LogP contribution in [0.1, 0.15) is 15.9 Å². The Bertz CT molecular complexity index is 950. The summed E-state index contributed by atoms with van der Waals surface area (Å²) in [5, 5.41) is 7.11. The molecule has 0 saturated carbocycles. The van der Waals surface area contributed by atoms with Gasteiger partial charge in [0.2, 0.25) is 0 Å². The number of amides is 2. The van der Waals surface area contributed by atoms with Crippen molar-refractivity contribution >= 4 is 11.8 Å². The minimum absolute atomic E-state index is 0.111. The van der Waals surface area contributed by atoms with Crippen LogP contribution in [-0.2, 0) is 11.2 Å². The van der Waals surface area contributed by atoms with E-state index in [9.17, 15) is 9.59 Å². The molecule has 0 spiro atoms. The van der Waals surface area contributed by atoms with Crippen LogP contribution in [0.4, 0.5) is 0 Å². The fraction of sp³-hybridized carbons (Fsp3) is 0.227. The second-order valence-corrected chi connectivity index (χ2v) is 6.70. The van der Waals surface area contributed by atoms with Crippen LogP contribution in [0.3, 0.4) is 0 Å². The molecule has 150 valence electrons. The quantitative estimate of drug-likeness (QED) is 0.638. The zero-order valence-corrected chi connectivity index (χ0v) is 16.5. The summed E-state index contributed by atoms with van der Waals surface area (Å²) in [7, 11) is 3.32. The summed E-state index contributed by atoms with van der Waals surface area (Å²) in [5.74, 6) is -0.00592. The van der Waals surface area contributed by atoms with Gasteiger partial charge < -0.3 is 15.0 Å². The molecule has 3 aromatic rings. The maximum atomic E-state index is 12.5. The summed E-state index contributed by atoms with van der Waals surface area (Å²) in [5.41, 5.74) is 2.51. The van der Waals surface area contributed by atoms with Crippen molar-refractivity contribution in [1.29, 1.82) is 0 Å². The molecule has 2 amide bonds. The smallest absolute Gasteiger partial charge is 0.259 e. The summed E-state index contributed by atoms with van der Waals surface area (Å²) < 4.78 is 7.33. The largest absolute Gasteiger partial charge is 0.483 e. The van der Waals surface area contributed by atoms with Crippen LogP contribution in [0.2, 0.25) is 0 Å². The number of benzene rings is 2. The standard InChI is InChI=1S/C22H24N4O3/c1-25(2)21(27)16-29-20-7-4-3-6-19(20)22(28)23-14-12-17-8-10-18(11-9-17)26-15-5-13-24-26/h3-11,13,15H,12,14,16H2,1-2H3,(H,23,28). The molecule has 0 aliphatic carbocycles. The van der Waals surface area contributed by atoms with Crippen LogP contribution in [0, 0.1) is 0 Å². The van der Waals surface area contributed by atoms with Crippen LogP contribution in [0.5, 0.6) is 5.75 Å². The van der Waals surface area contributed by atoms with Gasteiger partial charge in [0.05, 0.1) is 11.3 Å². The van der Waals surface area contributed by atoms with Gasteiger partial charge in [0.15, 0.2) is 6.61 Å². The summed E-state index contributed by atoms with van der Waals surface area (Å²) in [6, 6.07) is 16.8. The molecule has 29 heavy (non-hydrogen) atoms. The van der Waals surface area contributed by atoms with E-state index in [1.54, 1.807) is 49.2 Å². The van der Waals surface area contributed by atoms with E-state index in [4.69, 9.17) is 4.74 Å². The molecular weight excluding hydrogens is 368 g/mol. The first-order valence-electron chi connectivity index (χ1n) is 9.34. The Balaban J connectivity index is 1.54. The van der Waals surface area contributed by atoms with Crippen molar-refractivity contribution in [3.63, 3.8) is 0 Å². The van der Waals surface area contributed by atoms with E-state index in [0.717, 1.165) is 11.3 Å². The van der Waals surface area contributed by atoms with Gasteiger partial charge in [0.1, 0.15) is 5.75 Å². The summed E-state index contributed by atoms with van der Waals surface area (Å²) in [6.45, 7) is 0.380. The minimum atomic E-state index is -0.230. The maximum Gasteiger partial charge on any atom is 0.259 e. The molecule has 0 atom stereocenters. The minimum Gasteiger partial charge on any atom is -0.483 e. The Kier molecular flexibility index (Phi) is 6.63. The Morgan fingerprint density at radius 1 is 1.07 bits per heavy atom. The van der Waals surface area contributed by atoms with Crippen molar-refractivity contribution in [3.05, 3.63) is 78.1 Å². The number of ether oxygens (including phenoxy) is 1. The van der Waals surface area contributed by atoms with E-state index in [-0.39, 0.29) is 18.4 Å². The highest BCUT2D eigenvalue weighted by Gasteiger charge is 2.13. The lowest BCUT2D eigenvalue weighted by molar-refractivity contribution is -0.130. The first-order valence-corrected chi connectivity index (χ1v) is 9.34. The van der Waals surface area contributed by atoms with Crippen molar-refractivity contribution < 1.29 is 14.3 Å². The number of rotatable bonds is 8. The lowest BCUT2D eigenvalue weighted by atomic mass is 10.1. The predicted octanol–water partition coefficient (Wildman–Crippen LogP) is 2.31. The van der Waals surface area contributed by atoms with E-state index in [2.05, 4.69) is 10.4 Å². The number of carbonyl (C=O) groups excluding carboxylic acids is 2. The van der Waals surface area contributed by atoms with Crippen molar-refractivity contribution in [3.8, 4) is 11.4 Å². The van der Waals surface area contributed by atoms with E-state index >= 15 is 0 Å². The van der Waals surface area contributed by atoms with Crippen molar-refractivity contribution in [1.82, 2.24) is 20.0 Å². The topological polar surface area (TPSA) is 76.5 Å². The van der Waals surface area contributed by atoms with Crippen LogP contribution in [-0.4, -0.2) is 53.7 Å². The van der Waals surface area contributed by atoms with Crippen LogP contribution in [0.15, 0.2) is 67.0 Å². The number of carbonyl (C=O) groups is 2. The van der Waals surface area contributed by atoms with Gasteiger partial charge in [-0.25, -0.2) is 4.68 Å². The Labute approximate surface area is 169 Å². The average Bonchev–Trinajstić information content (AvgIpc) is 3.27. The lowest BCUT2D eigenvalue weighted by Crippen LogP contribution is -2.29. The first-order chi connectivity index (χ1) is 14.0. The van der Waals surface area contributed by atoms with Gasteiger partial charge >= 0.3 is 0 Å². The normalized spacial score (nSPS) is 10.4. The average molecular weight is 392 g/mol. The summed E-state index contributed by atoms with van der Waals surface area (Å²) in [4.78, 5) is 25.7. The number of aromatic nitrogens is 2.